The average molecular weight is 390 g/mol. The lowest BCUT2D eigenvalue weighted by Gasteiger charge is -2.13. The molecule has 0 saturated carbocycles. The third-order valence-electron chi connectivity index (χ3n) is 4.81. The summed E-state index contributed by atoms with van der Waals surface area (Å²) in [5, 5.41) is 12.3. The van der Waals surface area contributed by atoms with Crippen LogP contribution in [0.5, 0.6) is 5.88 Å². The minimum absolute atomic E-state index is 0.271. The van der Waals surface area contributed by atoms with E-state index in [9.17, 15) is 4.79 Å². The molecule has 4 rings (SSSR count). The third-order valence-corrected chi connectivity index (χ3v) is 4.81. The van der Waals surface area contributed by atoms with Gasteiger partial charge in [-0.25, -0.2) is 9.48 Å². The van der Waals surface area contributed by atoms with E-state index in [4.69, 9.17) is 4.74 Å². The van der Waals surface area contributed by atoms with Crippen molar-refractivity contribution >= 4 is 0 Å². The molecule has 0 amide bonds. The van der Waals surface area contributed by atoms with E-state index >= 15 is 0 Å². The summed E-state index contributed by atoms with van der Waals surface area (Å²) >= 11 is 0. The molecule has 0 bridgehead atoms. The van der Waals surface area contributed by atoms with Crippen LogP contribution < -0.4 is 10.4 Å². The molecule has 0 aliphatic heterocycles. The Hall–Kier alpha value is -3.68. The number of benzene rings is 2. The molecule has 2 aromatic carbocycles. The Morgan fingerprint density at radius 3 is 2.52 bits per heavy atom. The minimum Gasteiger partial charge on any atom is -0.472 e. The van der Waals surface area contributed by atoms with Crippen molar-refractivity contribution in [1.82, 2.24) is 29.6 Å². The maximum atomic E-state index is 12.3. The number of tetrazole rings is 1. The summed E-state index contributed by atoms with van der Waals surface area (Å²) < 4.78 is 10.2. The first-order valence-electron chi connectivity index (χ1n) is 9.42. The number of ether oxygens (including phenoxy) is 1. The van der Waals surface area contributed by atoms with Crippen LogP contribution in [-0.2, 0) is 20.1 Å². The number of aryl methyl sites for hydroxylation is 3. The van der Waals surface area contributed by atoms with E-state index in [1.165, 1.54) is 14.9 Å². The van der Waals surface area contributed by atoms with Gasteiger partial charge in [0, 0.05) is 24.9 Å². The Morgan fingerprint density at radius 2 is 1.83 bits per heavy atom. The SMILES string of the molecule is CCc1cccc(-n2nnn(C)c2=O)c1COc1ccn(-c2ccc(C)cc2)n1. The molecule has 0 fully saturated rings. The molecule has 0 atom stereocenters. The molecule has 0 spiro atoms. The van der Waals surface area contributed by atoms with Crippen molar-refractivity contribution in [3.05, 3.63) is 81.9 Å². The summed E-state index contributed by atoms with van der Waals surface area (Å²) in [6.07, 6.45) is 2.67. The molecule has 8 heteroatoms. The lowest BCUT2D eigenvalue weighted by atomic mass is 10.0. The molecule has 0 radical (unpaired) electrons. The number of aromatic nitrogens is 6. The first kappa shape index (κ1) is 18.7. The van der Waals surface area contributed by atoms with Gasteiger partial charge in [-0.1, -0.05) is 36.8 Å². The van der Waals surface area contributed by atoms with Crippen LogP contribution in [0.4, 0.5) is 0 Å². The van der Waals surface area contributed by atoms with E-state index in [1.807, 2.05) is 61.7 Å². The maximum Gasteiger partial charge on any atom is 0.368 e. The highest BCUT2D eigenvalue weighted by Gasteiger charge is 2.15. The smallest absolute Gasteiger partial charge is 0.368 e. The number of hydrogen-bond acceptors (Lipinski definition) is 5. The number of hydrogen-bond donors (Lipinski definition) is 0. The zero-order valence-corrected chi connectivity index (χ0v) is 16.6. The molecule has 0 aliphatic carbocycles. The topological polar surface area (TPSA) is 79.8 Å². The van der Waals surface area contributed by atoms with Gasteiger partial charge in [0.05, 0.1) is 11.4 Å². The van der Waals surface area contributed by atoms with Crippen molar-refractivity contribution in [3.63, 3.8) is 0 Å². The van der Waals surface area contributed by atoms with E-state index in [2.05, 4.69) is 22.4 Å². The normalized spacial score (nSPS) is 11.0. The van der Waals surface area contributed by atoms with Crippen LogP contribution in [0.2, 0.25) is 0 Å². The summed E-state index contributed by atoms with van der Waals surface area (Å²) in [5.74, 6) is 0.508. The van der Waals surface area contributed by atoms with Gasteiger partial charge in [-0.3, -0.25) is 0 Å². The molecular weight excluding hydrogens is 368 g/mol. The Labute approximate surface area is 168 Å². The second-order valence-electron chi connectivity index (χ2n) is 6.79. The van der Waals surface area contributed by atoms with Crippen LogP contribution in [0.15, 0.2) is 59.5 Å². The Bertz CT molecular complexity index is 1190. The second kappa shape index (κ2) is 7.75. The van der Waals surface area contributed by atoms with Crippen LogP contribution in [0.25, 0.3) is 11.4 Å². The molecular formula is C21H22N6O2. The standard InChI is InChI=1S/C21H22N6O2/c1-4-16-6-5-7-19(27-21(28)25(3)23-24-27)18(16)14-29-20-12-13-26(22-20)17-10-8-15(2)9-11-17/h5-13H,4,14H2,1-3H3. The fourth-order valence-electron chi connectivity index (χ4n) is 3.15. The van der Waals surface area contributed by atoms with Crippen LogP contribution >= 0.6 is 0 Å². The summed E-state index contributed by atoms with van der Waals surface area (Å²) in [7, 11) is 1.57. The van der Waals surface area contributed by atoms with Gasteiger partial charge >= 0.3 is 5.69 Å². The number of nitrogens with zero attached hydrogens (tertiary/aromatic N) is 6. The van der Waals surface area contributed by atoms with Gasteiger partial charge in [0.1, 0.15) is 6.61 Å². The lowest BCUT2D eigenvalue weighted by Crippen LogP contribution is -2.23. The predicted molar refractivity (Wildman–Crippen MR) is 109 cm³/mol. The Morgan fingerprint density at radius 1 is 1.03 bits per heavy atom. The molecule has 148 valence electrons. The van der Waals surface area contributed by atoms with Crippen LogP contribution in [0.1, 0.15) is 23.6 Å². The molecule has 0 aliphatic rings. The van der Waals surface area contributed by atoms with Gasteiger partial charge in [-0.05, 0) is 47.5 Å². The Kier molecular flexibility index (Phi) is 4.99. The highest BCUT2D eigenvalue weighted by Crippen LogP contribution is 2.21. The molecule has 8 nitrogen and oxygen atoms in total. The van der Waals surface area contributed by atoms with Crippen LogP contribution in [0, 0.1) is 6.92 Å². The van der Waals surface area contributed by atoms with E-state index in [1.54, 1.807) is 11.7 Å². The van der Waals surface area contributed by atoms with Gasteiger partial charge in [-0.15, -0.1) is 5.10 Å². The first-order chi connectivity index (χ1) is 14.1. The van der Waals surface area contributed by atoms with Crippen molar-refractivity contribution < 1.29 is 4.74 Å². The zero-order chi connectivity index (χ0) is 20.4. The summed E-state index contributed by atoms with van der Waals surface area (Å²) in [6.45, 7) is 4.38. The van der Waals surface area contributed by atoms with Crippen LogP contribution in [0.3, 0.4) is 0 Å². The van der Waals surface area contributed by atoms with E-state index < -0.39 is 0 Å². The maximum absolute atomic E-state index is 12.3. The third kappa shape index (κ3) is 3.69. The van der Waals surface area contributed by atoms with Crippen molar-refractivity contribution in [2.75, 3.05) is 0 Å². The summed E-state index contributed by atoms with van der Waals surface area (Å²) in [4.78, 5) is 12.3. The molecule has 2 heterocycles. The second-order valence-corrected chi connectivity index (χ2v) is 6.79. The van der Waals surface area contributed by atoms with Crippen molar-refractivity contribution in [1.29, 1.82) is 0 Å². The molecule has 0 unspecified atom stereocenters. The first-order valence-corrected chi connectivity index (χ1v) is 9.42. The number of rotatable bonds is 6. The van der Waals surface area contributed by atoms with Crippen molar-refractivity contribution in [3.8, 4) is 17.3 Å². The van der Waals surface area contributed by atoms with E-state index in [-0.39, 0.29) is 12.3 Å². The predicted octanol–water partition coefficient (Wildman–Crippen LogP) is 2.60. The van der Waals surface area contributed by atoms with Gasteiger partial charge in [0.2, 0.25) is 5.88 Å². The highest BCUT2D eigenvalue weighted by molar-refractivity contribution is 5.45. The fourth-order valence-corrected chi connectivity index (χ4v) is 3.15. The molecule has 4 aromatic rings. The largest absolute Gasteiger partial charge is 0.472 e. The van der Waals surface area contributed by atoms with Gasteiger partial charge in [0.15, 0.2) is 0 Å². The molecule has 0 N–H and O–H groups in total. The van der Waals surface area contributed by atoms with Crippen molar-refractivity contribution in [2.24, 2.45) is 7.05 Å². The monoisotopic (exact) mass is 390 g/mol. The van der Waals surface area contributed by atoms with Gasteiger partial charge in [0.25, 0.3) is 0 Å². The highest BCUT2D eigenvalue weighted by atomic mass is 16.5. The van der Waals surface area contributed by atoms with Gasteiger partial charge in [-0.2, -0.15) is 9.36 Å². The van der Waals surface area contributed by atoms with Crippen molar-refractivity contribution in [2.45, 2.75) is 26.9 Å². The fraction of sp³-hybridized carbons (Fsp3) is 0.238. The minimum atomic E-state index is -0.303. The quantitative estimate of drug-likeness (QED) is 0.506. The average Bonchev–Trinajstić information content (AvgIpc) is 3.34. The van der Waals surface area contributed by atoms with E-state index in [0.29, 0.717) is 11.6 Å². The Balaban J connectivity index is 1.61. The summed E-state index contributed by atoms with van der Waals surface area (Å²) in [6, 6.07) is 15.7. The molecule has 29 heavy (non-hydrogen) atoms. The molecule has 2 aromatic heterocycles. The zero-order valence-electron chi connectivity index (χ0n) is 16.6. The van der Waals surface area contributed by atoms with Gasteiger partial charge < -0.3 is 4.74 Å². The van der Waals surface area contributed by atoms with Crippen LogP contribution in [-0.4, -0.2) is 29.6 Å². The summed E-state index contributed by atoms with van der Waals surface area (Å²) in [5.41, 5.74) is 4.50. The molecule has 0 saturated heterocycles. The van der Waals surface area contributed by atoms with E-state index in [0.717, 1.165) is 23.2 Å². The lowest BCUT2D eigenvalue weighted by molar-refractivity contribution is 0.290.